The van der Waals surface area contributed by atoms with Crippen molar-refractivity contribution in [2.45, 2.75) is 43.9 Å². The van der Waals surface area contributed by atoms with Crippen molar-refractivity contribution in [3.05, 3.63) is 40.8 Å². The summed E-state index contributed by atoms with van der Waals surface area (Å²) < 4.78 is 11.3. The van der Waals surface area contributed by atoms with Crippen molar-refractivity contribution in [3.63, 3.8) is 0 Å². The molecule has 0 unspecified atom stereocenters. The Morgan fingerprint density at radius 1 is 1.10 bits per heavy atom. The lowest BCUT2D eigenvalue weighted by molar-refractivity contribution is 0.137. The van der Waals surface area contributed by atoms with Crippen molar-refractivity contribution in [1.82, 2.24) is 5.32 Å². The average molecular weight is 271 g/mol. The first-order valence-electron chi connectivity index (χ1n) is 7.23. The summed E-state index contributed by atoms with van der Waals surface area (Å²) in [4.78, 5) is 11.3. The summed E-state index contributed by atoms with van der Waals surface area (Å²) in [5.74, 6) is 0.790. The highest BCUT2D eigenvalue weighted by Crippen LogP contribution is 2.30. The van der Waals surface area contributed by atoms with E-state index in [1.807, 2.05) is 18.2 Å². The van der Waals surface area contributed by atoms with E-state index < -0.39 is 0 Å². The van der Waals surface area contributed by atoms with E-state index in [9.17, 15) is 4.79 Å². The molecule has 2 aliphatic rings. The predicted molar refractivity (Wildman–Crippen MR) is 76.1 cm³/mol. The van der Waals surface area contributed by atoms with Crippen LogP contribution in [0.1, 0.15) is 25.7 Å². The number of piperidine rings is 1. The van der Waals surface area contributed by atoms with Crippen LogP contribution in [0, 0.1) is 0 Å². The van der Waals surface area contributed by atoms with E-state index in [4.69, 9.17) is 9.15 Å². The third-order valence-corrected chi connectivity index (χ3v) is 4.33. The van der Waals surface area contributed by atoms with Gasteiger partial charge < -0.3 is 14.5 Å². The first-order valence-corrected chi connectivity index (χ1v) is 7.23. The molecule has 104 valence electrons. The highest BCUT2D eigenvalue weighted by Gasteiger charge is 2.34. The highest BCUT2D eigenvalue weighted by molar-refractivity contribution is 5.77. The number of fused-ring (bicyclic) bond motifs is 3. The molecule has 0 amide bonds. The van der Waals surface area contributed by atoms with Gasteiger partial charge in [-0.05, 0) is 43.9 Å². The number of rotatable bonds is 2. The molecule has 2 saturated heterocycles. The normalized spacial score (nSPS) is 28.7. The molecule has 0 spiro atoms. The molecule has 2 aliphatic heterocycles. The molecular weight excluding hydrogens is 254 g/mol. The summed E-state index contributed by atoms with van der Waals surface area (Å²) in [7, 11) is 0. The number of hydrogen-bond donors (Lipinski definition) is 1. The second-order valence-electron chi connectivity index (χ2n) is 5.80. The minimum absolute atomic E-state index is 0.265. The van der Waals surface area contributed by atoms with Crippen molar-refractivity contribution in [3.8, 4) is 5.75 Å². The van der Waals surface area contributed by atoms with Gasteiger partial charge in [0.2, 0.25) is 0 Å². The van der Waals surface area contributed by atoms with E-state index in [-0.39, 0.29) is 11.7 Å². The summed E-state index contributed by atoms with van der Waals surface area (Å²) in [5.41, 5.74) is 0.265. The van der Waals surface area contributed by atoms with Gasteiger partial charge in [-0.15, -0.1) is 0 Å². The minimum Gasteiger partial charge on any atom is -0.490 e. The summed E-state index contributed by atoms with van der Waals surface area (Å²) in [6.07, 6.45) is 4.91. The Hall–Kier alpha value is -1.81. The fourth-order valence-corrected chi connectivity index (χ4v) is 3.41. The maximum atomic E-state index is 11.3. The van der Waals surface area contributed by atoms with Crippen LogP contribution in [0.4, 0.5) is 0 Å². The standard InChI is InChI=1S/C16H17NO3/c18-16-6-2-10-1-5-13(9-15(10)20-16)19-14-7-11-3-4-12(8-14)17-11/h1-2,5-6,9,11-12,14,17H,3-4,7-8H2/t11-,12+,14-. The van der Waals surface area contributed by atoms with Gasteiger partial charge in [-0.3, -0.25) is 0 Å². The molecule has 1 N–H and O–H groups in total. The van der Waals surface area contributed by atoms with Gasteiger partial charge in [0.05, 0.1) is 0 Å². The number of hydrogen-bond acceptors (Lipinski definition) is 4. The Kier molecular flexibility index (Phi) is 2.77. The van der Waals surface area contributed by atoms with Crippen LogP contribution < -0.4 is 15.7 Å². The van der Waals surface area contributed by atoms with Crippen LogP contribution in [0.15, 0.2) is 39.5 Å². The van der Waals surface area contributed by atoms with Crippen molar-refractivity contribution in [2.75, 3.05) is 0 Å². The Morgan fingerprint density at radius 2 is 1.85 bits per heavy atom. The average Bonchev–Trinajstić information content (AvgIpc) is 2.77. The Labute approximate surface area is 116 Å². The smallest absolute Gasteiger partial charge is 0.336 e. The topological polar surface area (TPSA) is 51.5 Å². The molecule has 20 heavy (non-hydrogen) atoms. The molecule has 4 heteroatoms. The van der Waals surface area contributed by atoms with Gasteiger partial charge in [-0.25, -0.2) is 4.79 Å². The van der Waals surface area contributed by atoms with Crippen molar-refractivity contribution >= 4 is 11.0 Å². The lowest BCUT2D eigenvalue weighted by atomic mass is 10.0. The molecule has 0 saturated carbocycles. The number of nitrogens with one attached hydrogen (secondary N) is 1. The Balaban J connectivity index is 1.57. The fraction of sp³-hybridized carbons (Fsp3) is 0.438. The summed E-state index contributed by atoms with van der Waals surface area (Å²) >= 11 is 0. The zero-order valence-corrected chi connectivity index (χ0v) is 11.2. The third kappa shape index (κ3) is 2.20. The molecule has 1 aromatic carbocycles. The maximum absolute atomic E-state index is 11.3. The van der Waals surface area contributed by atoms with Crippen LogP contribution >= 0.6 is 0 Å². The molecule has 4 rings (SSSR count). The van der Waals surface area contributed by atoms with Crippen LogP contribution in [0.2, 0.25) is 0 Å². The second kappa shape index (κ2) is 4.63. The molecule has 4 nitrogen and oxygen atoms in total. The predicted octanol–water partition coefficient (Wildman–Crippen LogP) is 2.45. The quantitative estimate of drug-likeness (QED) is 0.852. The molecule has 2 aromatic rings. The van der Waals surface area contributed by atoms with Gasteiger partial charge in [0.25, 0.3) is 0 Å². The van der Waals surface area contributed by atoms with Crippen LogP contribution in [-0.2, 0) is 0 Å². The third-order valence-electron chi connectivity index (χ3n) is 4.33. The zero-order chi connectivity index (χ0) is 13.5. The largest absolute Gasteiger partial charge is 0.490 e. The van der Waals surface area contributed by atoms with Gasteiger partial charge in [-0.1, -0.05) is 0 Å². The molecular formula is C16H17NO3. The van der Waals surface area contributed by atoms with Gasteiger partial charge >= 0.3 is 5.63 Å². The van der Waals surface area contributed by atoms with Crippen molar-refractivity contribution < 1.29 is 9.15 Å². The van der Waals surface area contributed by atoms with E-state index >= 15 is 0 Å². The highest BCUT2D eigenvalue weighted by atomic mass is 16.5. The van der Waals surface area contributed by atoms with Gasteiger partial charge in [0, 0.05) is 29.6 Å². The molecule has 3 atom stereocenters. The first kappa shape index (κ1) is 12.0. The maximum Gasteiger partial charge on any atom is 0.336 e. The van der Waals surface area contributed by atoms with Gasteiger partial charge in [0.15, 0.2) is 0 Å². The van der Waals surface area contributed by atoms with E-state index in [0.717, 1.165) is 24.0 Å². The van der Waals surface area contributed by atoms with Crippen LogP contribution in [-0.4, -0.2) is 18.2 Å². The van der Waals surface area contributed by atoms with Crippen LogP contribution in [0.25, 0.3) is 11.0 Å². The molecule has 1 aromatic heterocycles. The molecule has 0 radical (unpaired) electrons. The number of ether oxygens (including phenoxy) is 1. The van der Waals surface area contributed by atoms with E-state index in [2.05, 4.69) is 5.32 Å². The lowest BCUT2D eigenvalue weighted by Crippen LogP contribution is -2.42. The van der Waals surface area contributed by atoms with E-state index in [0.29, 0.717) is 17.7 Å². The lowest BCUT2D eigenvalue weighted by Gasteiger charge is -2.29. The van der Waals surface area contributed by atoms with Crippen molar-refractivity contribution in [1.29, 1.82) is 0 Å². The molecule has 0 aliphatic carbocycles. The van der Waals surface area contributed by atoms with Crippen molar-refractivity contribution in [2.24, 2.45) is 0 Å². The molecule has 3 heterocycles. The SMILES string of the molecule is O=c1ccc2ccc(O[C@@H]3C[C@H]4CC[C@@H](C3)N4)cc2o1. The monoisotopic (exact) mass is 271 g/mol. The Morgan fingerprint density at radius 3 is 2.65 bits per heavy atom. The van der Waals surface area contributed by atoms with E-state index in [1.165, 1.54) is 18.9 Å². The summed E-state index contributed by atoms with van der Waals surface area (Å²) in [5, 5.41) is 4.52. The van der Waals surface area contributed by atoms with Gasteiger partial charge in [-0.2, -0.15) is 0 Å². The zero-order valence-electron chi connectivity index (χ0n) is 11.2. The van der Waals surface area contributed by atoms with Crippen LogP contribution in [0.3, 0.4) is 0 Å². The second-order valence-corrected chi connectivity index (χ2v) is 5.80. The first-order chi connectivity index (χ1) is 9.76. The number of benzene rings is 1. The minimum atomic E-state index is -0.324. The Bertz CT molecular complexity index is 681. The fourth-order valence-electron chi connectivity index (χ4n) is 3.41. The van der Waals surface area contributed by atoms with Gasteiger partial charge in [0.1, 0.15) is 17.4 Å². The van der Waals surface area contributed by atoms with E-state index in [1.54, 1.807) is 6.07 Å². The van der Waals surface area contributed by atoms with Crippen LogP contribution in [0.5, 0.6) is 5.75 Å². The summed E-state index contributed by atoms with van der Waals surface area (Å²) in [6, 6.07) is 10.1. The molecule has 2 fully saturated rings. The summed E-state index contributed by atoms with van der Waals surface area (Å²) in [6.45, 7) is 0. The molecule has 2 bridgehead atoms.